The Morgan fingerprint density at radius 1 is 1.25 bits per heavy atom. The lowest BCUT2D eigenvalue weighted by molar-refractivity contribution is -0.144. The average Bonchev–Trinajstić information content (AvgIpc) is 2.69. The van der Waals surface area contributed by atoms with E-state index in [2.05, 4.69) is 0 Å². The summed E-state index contributed by atoms with van der Waals surface area (Å²) in [5.41, 5.74) is 6.44. The second kappa shape index (κ2) is 5.83. The lowest BCUT2D eigenvalue weighted by atomic mass is 10.1. The fourth-order valence-electron chi connectivity index (χ4n) is 2.08. The first-order chi connectivity index (χ1) is 9.56. The summed E-state index contributed by atoms with van der Waals surface area (Å²) in [7, 11) is 0. The third-order valence-corrected chi connectivity index (χ3v) is 3.13. The van der Waals surface area contributed by atoms with Crippen LogP contribution in [0.4, 0.5) is 0 Å². The van der Waals surface area contributed by atoms with Crippen LogP contribution in [0, 0.1) is 0 Å². The van der Waals surface area contributed by atoms with Gasteiger partial charge in [0.15, 0.2) is 0 Å². The van der Waals surface area contributed by atoms with Crippen molar-refractivity contribution in [3.63, 3.8) is 0 Å². The van der Waals surface area contributed by atoms with Crippen LogP contribution in [-0.4, -0.2) is 41.9 Å². The van der Waals surface area contributed by atoms with Crippen molar-refractivity contribution >= 4 is 17.8 Å². The van der Waals surface area contributed by atoms with Gasteiger partial charge in [0.05, 0.1) is 17.7 Å². The first kappa shape index (κ1) is 14.2. The lowest BCUT2D eigenvalue weighted by Gasteiger charge is -2.16. The van der Waals surface area contributed by atoms with E-state index in [1.54, 1.807) is 31.2 Å². The number of esters is 1. The van der Waals surface area contributed by atoms with Gasteiger partial charge in [-0.05, 0) is 25.5 Å². The Hall–Kier alpha value is -2.21. The van der Waals surface area contributed by atoms with Crippen LogP contribution in [0.1, 0.15) is 34.1 Å². The molecule has 0 saturated heterocycles. The highest BCUT2D eigenvalue weighted by molar-refractivity contribution is 6.21. The van der Waals surface area contributed by atoms with Gasteiger partial charge in [0.1, 0.15) is 6.04 Å². The Morgan fingerprint density at radius 2 is 1.80 bits per heavy atom. The van der Waals surface area contributed by atoms with Crippen molar-refractivity contribution in [2.24, 2.45) is 5.73 Å². The summed E-state index contributed by atoms with van der Waals surface area (Å²) < 4.78 is 4.78. The van der Waals surface area contributed by atoms with E-state index in [4.69, 9.17) is 10.5 Å². The monoisotopic (exact) mass is 276 g/mol. The normalized spacial score (nSPS) is 15.2. The van der Waals surface area contributed by atoms with Gasteiger partial charge >= 0.3 is 5.97 Å². The molecule has 0 aliphatic carbocycles. The summed E-state index contributed by atoms with van der Waals surface area (Å²) >= 11 is 0. The van der Waals surface area contributed by atoms with Gasteiger partial charge in [0.2, 0.25) is 0 Å². The topological polar surface area (TPSA) is 89.7 Å². The molecule has 1 unspecified atom stereocenters. The van der Waals surface area contributed by atoms with Crippen LogP contribution < -0.4 is 5.73 Å². The molecule has 2 N–H and O–H groups in total. The minimum Gasteiger partial charge on any atom is -0.465 e. The molecule has 2 amide bonds. The minimum atomic E-state index is -0.834. The molecule has 106 valence electrons. The van der Waals surface area contributed by atoms with E-state index in [0.29, 0.717) is 11.1 Å². The highest BCUT2D eigenvalue weighted by Gasteiger charge is 2.35. The maximum Gasteiger partial charge on any atom is 0.322 e. The number of nitrogens with two attached hydrogens (primary N) is 1. The van der Waals surface area contributed by atoms with Crippen molar-refractivity contribution in [3.05, 3.63) is 35.4 Å². The summed E-state index contributed by atoms with van der Waals surface area (Å²) in [6, 6.07) is 5.80. The molecule has 1 aliphatic heterocycles. The van der Waals surface area contributed by atoms with Crippen molar-refractivity contribution in [1.82, 2.24) is 4.90 Å². The fourth-order valence-corrected chi connectivity index (χ4v) is 2.08. The molecule has 1 aliphatic rings. The highest BCUT2D eigenvalue weighted by Crippen LogP contribution is 2.22. The van der Waals surface area contributed by atoms with Crippen LogP contribution in [0.25, 0.3) is 0 Å². The average molecular weight is 276 g/mol. The van der Waals surface area contributed by atoms with E-state index < -0.39 is 12.0 Å². The lowest BCUT2D eigenvalue weighted by Crippen LogP contribution is -2.38. The standard InChI is InChI=1S/C14H16N2O4/c1-2-20-14(19)11(15)7-8-16-12(17)9-5-3-4-6-10(9)13(16)18/h3-6,11H,2,7-8,15H2,1H3. The van der Waals surface area contributed by atoms with Crippen LogP contribution >= 0.6 is 0 Å². The predicted molar refractivity (Wildman–Crippen MR) is 71.0 cm³/mol. The molecule has 0 fully saturated rings. The highest BCUT2D eigenvalue weighted by atomic mass is 16.5. The Bertz CT molecular complexity index is 521. The zero-order chi connectivity index (χ0) is 14.7. The van der Waals surface area contributed by atoms with E-state index >= 15 is 0 Å². The van der Waals surface area contributed by atoms with E-state index in [0.717, 1.165) is 4.90 Å². The third-order valence-electron chi connectivity index (χ3n) is 3.13. The molecular weight excluding hydrogens is 260 g/mol. The molecule has 0 saturated carbocycles. The van der Waals surface area contributed by atoms with Gasteiger partial charge in [-0.1, -0.05) is 12.1 Å². The molecule has 0 radical (unpaired) electrons. The zero-order valence-corrected chi connectivity index (χ0v) is 11.2. The molecule has 20 heavy (non-hydrogen) atoms. The van der Waals surface area contributed by atoms with Gasteiger partial charge in [0.25, 0.3) is 11.8 Å². The smallest absolute Gasteiger partial charge is 0.322 e. The summed E-state index contributed by atoms with van der Waals surface area (Å²) in [5.74, 6) is -1.22. The van der Waals surface area contributed by atoms with Crippen LogP contribution in [0.2, 0.25) is 0 Å². The molecule has 1 atom stereocenters. The van der Waals surface area contributed by atoms with Crippen molar-refractivity contribution in [2.45, 2.75) is 19.4 Å². The van der Waals surface area contributed by atoms with Gasteiger partial charge in [-0.3, -0.25) is 19.3 Å². The maximum atomic E-state index is 12.1. The second-order valence-electron chi connectivity index (χ2n) is 4.45. The van der Waals surface area contributed by atoms with Crippen LogP contribution in [0.15, 0.2) is 24.3 Å². The number of amides is 2. The number of nitrogens with zero attached hydrogens (tertiary/aromatic N) is 1. The number of ether oxygens (including phenoxy) is 1. The van der Waals surface area contributed by atoms with Crippen LogP contribution in [-0.2, 0) is 9.53 Å². The number of imide groups is 1. The number of fused-ring (bicyclic) bond motifs is 1. The summed E-state index contributed by atoms with van der Waals surface area (Å²) in [4.78, 5) is 36.6. The summed E-state index contributed by atoms with van der Waals surface area (Å²) in [6.45, 7) is 2.04. The molecule has 0 bridgehead atoms. The fraction of sp³-hybridized carbons (Fsp3) is 0.357. The first-order valence-corrected chi connectivity index (χ1v) is 6.43. The van der Waals surface area contributed by atoms with Crippen molar-refractivity contribution in [3.8, 4) is 0 Å². The van der Waals surface area contributed by atoms with Crippen LogP contribution in [0.5, 0.6) is 0 Å². The molecular formula is C14H16N2O4. The van der Waals surface area contributed by atoms with E-state index in [1.807, 2.05) is 0 Å². The number of carbonyl (C=O) groups excluding carboxylic acids is 3. The van der Waals surface area contributed by atoms with E-state index in [-0.39, 0.29) is 31.4 Å². The number of hydrogen-bond acceptors (Lipinski definition) is 5. The number of hydrogen-bond donors (Lipinski definition) is 1. The van der Waals surface area contributed by atoms with Gasteiger partial charge in [-0.15, -0.1) is 0 Å². The number of benzene rings is 1. The SMILES string of the molecule is CCOC(=O)C(N)CCN1C(=O)c2ccccc2C1=O. The Kier molecular flexibility index (Phi) is 4.14. The summed E-state index contributed by atoms with van der Waals surface area (Å²) in [6.07, 6.45) is 0.185. The van der Waals surface area contributed by atoms with E-state index in [1.165, 1.54) is 0 Å². The Labute approximate surface area is 116 Å². The first-order valence-electron chi connectivity index (χ1n) is 6.43. The van der Waals surface area contributed by atoms with Crippen LogP contribution in [0.3, 0.4) is 0 Å². The zero-order valence-electron chi connectivity index (χ0n) is 11.2. The molecule has 2 rings (SSSR count). The van der Waals surface area contributed by atoms with Crippen molar-refractivity contribution in [1.29, 1.82) is 0 Å². The van der Waals surface area contributed by atoms with Crippen molar-refractivity contribution in [2.75, 3.05) is 13.2 Å². The molecule has 1 aromatic carbocycles. The molecule has 0 spiro atoms. The number of carbonyl (C=O) groups is 3. The van der Waals surface area contributed by atoms with Gasteiger partial charge in [0, 0.05) is 6.54 Å². The molecule has 6 nitrogen and oxygen atoms in total. The van der Waals surface area contributed by atoms with Gasteiger partial charge in [-0.2, -0.15) is 0 Å². The maximum absolute atomic E-state index is 12.1. The predicted octanol–water partition coefficient (Wildman–Crippen LogP) is 0.563. The molecule has 1 heterocycles. The largest absolute Gasteiger partial charge is 0.465 e. The molecule has 0 aromatic heterocycles. The summed E-state index contributed by atoms with van der Waals surface area (Å²) in [5, 5.41) is 0. The van der Waals surface area contributed by atoms with Gasteiger partial charge < -0.3 is 10.5 Å². The molecule has 1 aromatic rings. The Morgan fingerprint density at radius 3 is 2.30 bits per heavy atom. The number of rotatable bonds is 5. The quantitative estimate of drug-likeness (QED) is 0.627. The van der Waals surface area contributed by atoms with Crippen molar-refractivity contribution < 1.29 is 19.1 Å². The van der Waals surface area contributed by atoms with Gasteiger partial charge in [-0.25, -0.2) is 0 Å². The second-order valence-corrected chi connectivity index (χ2v) is 4.45. The minimum absolute atomic E-state index is 0.103. The Balaban J connectivity index is 2.01. The van der Waals surface area contributed by atoms with E-state index in [9.17, 15) is 14.4 Å². The molecule has 6 heteroatoms. The third kappa shape index (κ3) is 2.55.